The number of hydrogen-bond acceptors (Lipinski definition) is 4. The van der Waals surface area contributed by atoms with Gasteiger partial charge in [0.05, 0.1) is 19.2 Å². The maximum Gasteiger partial charge on any atom is 0.234 e. The van der Waals surface area contributed by atoms with Crippen LogP contribution < -0.4 is 15.4 Å². The molecule has 2 N–H and O–H groups in total. The van der Waals surface area contributed by atoms with Crippen LogP contribution in [0.4, 0.5) is 0 Å². The second-order valence-corrected chi connectivity index (χ2v) is 8.43. The number of piperazine rings is 1. The third kappa shape index (κ3) is 6.62. The van der Waals surface area contributed by atoms with Gasteiger partial charge >= 0.3 is 0 Å². The Hall–Kier alpha value is -2.28. The van der Waals surface area contributed by atoms with E-state index in [1.165, 1.54) is 6.42 Å². The van der Waals surface area contributed by atoms with E-state index in [4.69, 9.17) is 9.73 Å². The predicted molar refractivity (Wildman–Crippen MR) is 121 cm³/mol. The van der Waals surface area contributed by atoms with E-state index in [0.717, 1.165) is 62.8 Å². The van der Waals surface area contributed by atoms with Crippen LogP contribution in [0.5, 0.6) is 5.75 Å². The average molecular weight is 416 g/mol. The Morgan fingerprint density at radius 2 is 1.93 bits per heavy atom. The Kier molecular flexibility index (Phi) is 8.37. The molecule has 0 atom stereocenters. The summed E-state index contributed by atoms with van der Waals surface area (Å²) in [5.74, 6) is 1.99. The van der Waals surface area contributed by atoms with Crippen molar-refractivity contribution in [1.29, 1.82) is 0 Å². The molecule has 7 heteroatoms. The minimum Gasteiger partial charge on any atom is -0.490 e. The third-order valence-corrected chi connectivity index (χ3v) is 5.54. The standard InChI is InChI=1S/C23H37N5O2/c1-4-24-23(28-14-12-27(13-15-28)17-22(29)26-18(2)3)25-16-19-8-5-6-11-21(19)30-20-9-7-10-20/h5-6,8,11,18,20H,4,7,9-10,12-17H2,1-3H3,(H,24,25)(H,26,29). The predicted octanol–water partition coefficient (Wildman–Crippen LogP) is 2.23. The number of guanidine groups is 1. The number of aliphatic imine (C=N–C) groups is 1. The highest BCUT2D eigenvalue weighted by molar-refractivity contribution is 5.80. The van der Waals surface area contributed by atoms with Crippen molar-refractivity contribution in [3.8, 4) is 5.75 Å². The molecule has 2 fully saturated rings. The molecule has 1 amide bonds. The van der Waals surface area contributed by atoms with Crippen molar-refractivity contribution < 1.29 is 9.53 Å². The van der Waals surface area contributed by atoms with Gasteiger partial charge in [0.25, 0.3) is 0 Å². The molecule has 0 bridgehead atoms. The normalized spacial score (nSPS) is 18.3. The van der Waals surface area contributed by atoms with Gasteiger partial charge < -0.3 is 20.3 Å². The summed E-state index contributed by atoms with van der Waals surface area (Å²) in [6, 6.07) is 8.42. The maximum absolute atomic E-state index is 12.0. The number of ether oxygens (including phenoxy) is 1. The number of amides is 1. The van der Waals surface area contributed by atoms with Gasteiger partial charge in [-0.1, -0.05) is 18.2 Å². The molecule has 166 valence electrons. The molecule has 1 aliphatic carbocycles. The summed E-state index contributed by atoms with van der Waals surface area (Å²) in [5, 5.41) is 6.39. The van der Waals surface area contributed by atoms with E-state index < -0.39 is 0 Å². The molecule has 3 rings (SSSR count). The van der Waals surface area contributed by atoms with E-state index in [-0.39, 0.29) is 11.9 Å². The molecule has 1 aromatic rings. The molecule has 2 aliphatic rings. The van der Waals surface area contributed by atoms with Crippen LogP contribution in [0.15, 0.2) is 29.3 Å². The summed E-state index contributed by atoms with van der Waals surface area (Å²) in [6.07, 6.45) is 3.93. The number of carbonyl (C=O) groups excluding carboxylic acids is 1. The summed E-state index contributed by atoms with van der Waals surface area (Å²) >= 11 is 0. The Bertz CT molecular complexity index is 709. The maximum atomic E-state index is 12.0. The zero-order valence-corrected chi connectivity index (χ0v) is 18.7. The van der Waals surface area contributed by atoms with E-state index >= 15 is 0 Å². The van der Waals surface area contributed by atoms with Gasteiger partial charge in [-0.05, 0) is 46.1 Å². The van der Waals surface area contributed by atoms with Crippen LogP contribution in [0, 0.1) is 0 Å². The monoisotopic (exact) mass is 415 g/mol. The van der Waals surface area contributed by atoms with E-state index in [2.05, 4.69) is 39.5 Å². The lowest BCUT2D eigenvalue weighted by Crippen LogP contribution is -2.54. The largest absolute Gasteiger partial charge is 0.490 e. The molecule has 0 spiro atoms. The molecule has 0 aromatic heterocycles. The topological polar surface area (TPSA) is 69.2 Å². The molecule has 7 nitrogen and oxygen atoms in total. The molecule has 0 radical (unpaired) electrons. The molecular formula is C23H37N5O2. The quantitative estimate of drug-likeness (QED) is 0.503. The van der Waals surface area contributed by atoms with E-state index in [1.54, 1.807) is 0 Å². The molecule has 1 aromatic carbocycles. The molecule has 30 heavy (non-hydrogen) atoms. The van der Waals surface area contributed by atoms with Crippen molar-refractivity contribution in [2.45, 2.75) is 58.7 Å². The van der Waals surface area contributed by atoms with Crippen molar-refractivity contribution in [2.24, 2.45) is 4.99 Å². The van der Waals surface area contributed by atoms with Gasteiger partial charge in [-0.15, -0.1) is 0 Å². The molecular weight excluding hydrogens is 378 g/mol. The molecule has 1 saturated heterocycles. The number of para-hydroxylation sites is 1. The molecule has 1 saturated carbocycles. The van der Waals surface area contributed by atoms with Gasteiger partial charge in [0, 0.05) is 44.3 Å². The van der Waals surface area contributed by atoms with Crippen LogP contribution in [0.1, 0.15) is 45.6 Å². The Morgan fingerprint density at radius 3 is 2.57 bits per heavy atom. The average Bonchev–Trinajstić information content (AvgIpc) is 2.69. The van der Waals surface area contributed by atoms with Crippen molar-refractivity contribution in [3.63, 3.8) is 0 Å². The number of benzene rings is 1. The minimum absolute atomic E-state index is 0.0992. The smallest absolute Gasteiger partial charge is 0.234 e. The number of rotatable bonds is 8. The highest BCUT2D eigenvalue weighted by Gasteiger charge is 2.22. The number of carbonyl (C=O) groups is 1. The summed E-state index contributed by atoms with van der Waals surface area (Å²) in [7, 11) is 0. The van der Waals surface area contributed by atoms with Crippen molar-refractivity contribution in [2.75, 3.05) is 39.3 Å². The number of nitrogens with one attached hydrogen (secondary N) is 2. The Labute approximate surface area is 180 Å². The number of hydrogen-bond donors (Lipinski definition) is 2. The van der Waals surface area contributed by atoms with Gasteiger partial charge in [-0.25, -0.2) is 4.99 Å². The molecule has 0 unspecified atom stereocenters. The van der Waals surface area contributed by atoms with Crippen LogP contribution in [-0.2, 0) is 11.3 Å². The molecule has 1 heterocycles. The van der Waals surface area contributed by atoms with Crippen LogP contribution in [0.2, 0.25) is 0 Å². The lowest BCUT2D eigenvalue weighted by atomic mass is 9.96. The second kappa shape index (κ2) is 11.2. The minimum atomic E-state index is 0.0992. The Balaban J connectivity index is 1.56. The fraction of sp³-hybridized carbons (Fsp3) is 0.652. The van der Waals surface area contributed by atoms with Crippen LogP contribution in [0.25, 0.3) is 0 Å². The van der Waals surface area contributed by atoms with Gasteiger partial charge in [-0.3, -0.25) is 9.69 Å². The lowest BCUT2D eigenvalue weighted by molar-refractivity contribution is -0.123. The number of nitrogens with zero attached hydrogens (tertiary/aromatic N) is 3. The first-order valence-corrected chi connectivity index (χ1v) is 11.3. The van der Waals surface area contributed by atoms with E-state index in [0.29, 0.717) is 19.2 Å². The second-order valence-electron chi connectivity index (χ2n) is 8.43. The zero-order chi connectivity index (χ0) is 21.3. The summed E-state index contributed by atoms with van der Waals surface area (Å²) in [5.41, 5.74) is 1.13. The first-order valence-electron chi connectivity index (χ1n) is 11.3. The van der Waals surface area contributed by atoms with Gasteiger partial charge in [0.15, 0.2) is 5.96 Å². The molecule has 1 aliphatic heterocycles. The van der Waals surface area contributed by atoms with Gasteiger partial charge in [-0.2, -0.15) is 0 Å². The van der Waals surface area contributed by atoms with Crippen molar-refractivity contribution >= 4 is 11.9 Å². The first-order chi connectivity index (χ1) is 14.5. The van der Waals surface area contributed by atoms with Crippen LogP contribution in [-0.4, -0.2) is 73.1 Å². The SMILES string of the molecule is CCNC(=NCc1ccccc1OC1CCC1)N1CCN(CC(=O)NC(C)C)CC1. The van der Waals surface area contributed by atoms with Crippen LogP contribution >= 0.6 is 0 Å². The van der Waals surface area contributed by atoms with Gasteiger partial charge in [0.1, 0.15) is 5.75 Å². The highest BCUT2D eigenvalue weighted by atomic mass is 16.5. The summed E-state index contributed by atoms with van der Waals surface area (Å²) in [4.78, 5) is 21.4. The van der Waals surface area contributed by atoms with E-state index in [1.807, 2.05) is 26.0 Å². The van der Waals surface area contributed by atoms with E-state index in [9.17, 15) is 4.79 Å². The zero-order valence-electron chi connectivity index (χ0n) is 18.7. The van der Waals surface area contributed by atoms with Crippen molar-refractivity contribution in [1.82, 2.24) is 20.4 Å². The summed E-state index contributed by atoms with van der Waals surface area (Å²) < 4.78 is 6.15. The van der Waals surface area contributed by atoms with Crippen LogP contribution in [0.3, 0.4) is 0 Å². The highest BCUT2D eigenvalue weighted by Crippen LogP contribution is 2.28. The fourth-order valence-corrected chi connectivity index (χ4v) is 3.69. The first kappa shape index (κ1) is 22.4. The summed E-state index contributed by atoms with van der Waals surface area (Å²) in [6.45, 7) is 11.4. The van der Waals surface area contributed by atoms with Crippen molar-refractivity contribution in [3.05, 3.63) is 29.8 Å². The van der Waals surface area contributed by atoms with Gasteiger partial charge in [0.2, 0.25) is 5.91 Å². The lowest BCUT2D eigenvalue weighted by Gasteiger charge is -2.36. The third-order valence-electron chi connectivity index (χ3n) is 5.54. The fourth-order valence-electron chi connectivity index (χ4n) is 3.69. The Morgan fingerprint density at radius 1 is 1.20 bits per heavy atom.